The van der Waals surface area contributed by atoms with Crippen molar-refractivity contribution in [2.75, 3.05) is 0 Å². The van der Waals surface area contributed by atoms with Gasteiger partial charge in [-0.25, -0.2) is 4.39 Å². The van der Waals surface area contributed by atoms with E-state index in [0.717, 1.165) is 0 Å². The summed E-state index contributed by atoms with van der Waals surface area (Å²) >= 11 is 5.90. The van der Waals surface area contributed by atoms with E-state index >= 15 is 0 Å². The molecule has 0 spiro atoms. The summed E-state index contributed by atoms with van der Waals surface area (Å²) in [5, 5.41) is 9.37. The molecule has 18 heavy (non-hydrogen) atoms. The van der Waals surface area contributed by atoms with Gasteiger partial charge in [-0.1, -0.05) is 43.7 Å². The number of halogens is 2. The lowest BCUT2D eigenvalue weighted by Gasteiger charge is -1.99. The molecule has 2 atom stereocenters. The Morgan fingerprint density at radius 1 is 1.50 bits per heavy atom. The van der Waals surface area contributed by atoms with Crippen LogP contribution in [0.1, 0.15) is 19.4 Å². The van der Waals surface area contributed by atoms with E-state index in [1.165, 1.54) is 12.1 Å². The lowest BCUT2D eigenvalue weighted by Crippen LogP contribution is -2.02. The van der Waals surface area contributed by atoms with Crippen molar-refractivity contribution in [1.82, 2.24) is 0 Å². The summed E-state index contributed by atoms with van der Waals surface area (Å²) in [5.41, 5.74) is 0.472. The SMILES string of the molecule is CC1(C)C(/C=C/c2ccc(F)cc2Cl)C1C(=O)O. The number of benzene rings is 1. The summed E-state index contributed by atoms with van der Waals surface area (Å²) in [6.07, 6.45) is 3.61. The second kappa shape index (κ2) is 4.39. The largest absolute Gasteiger partial charge is 0.481 e. The Labute approximate surface area is 110 Å². The number of carboxylic acids is 1. The van der Waals surface area contributed by atoms with Gasteiger partial charge < -0.3 is 5.11 Å². The zero-order valence-corrected chi connectivity index (χ0v) is 10.9. The average molecular weight is 269 g/mol. The van der Waals surface area contributed by atoms with Crippen molar-refractivity contribution in [2.24, 2.45) is 17.3 Å². The van der Waals surface area contributed by atoms with E-state index in [1.807, 2.05) is 19.9 Å². The fourth-order valence-corrected chi connectivity index (χ4v) is 2.58. The molecule has 2 nitrogen and oxygen atoms in total. The number of hydrogen-bond donors (Lipinski definition) is 1. The minimum atomic E-state index is -0.778. The van der Waals surface area contributed by atoms with Gasteiger partial charge in [0, 0.05) is 0 Å². The van der Waals surface area contributed by atoms with Crippen LogP contribution >= 0.6 is 11.6 Å². The lowest BCUT2D eigenvalue weighted by molar-refractivity contribution is -0.139. The topological polar surface area (TPSA) is 37.3 Å². The Balaban J connectivity index is 2.16. The minimum Gasteiger partial charge on any atom is -0.481 e. The van der Waals surface area contributed by atoms with Gasteiger partial charge in [-0.2, -0.15) is 0 Å². The summed E-state index contributed by atoms with van der Waals surface area (Å²) < 4.78 is 12.9. The normalized spacial score (nSPS) is 25.3. The van der Waals surface area contributed by atoms with Gasteiger partial charge in [0.1, 0.15) is 5.82 Å². The monoisotopic (exact) mass is 268 g/mol. The first-order chi connectivity index (χ1) is 8.34. The molecule has 2 unspecified atom stereocenters. The summed E-state index contributed by atoms with van der Waals surface area (Å²) in [7, 11) is 0. The number of allylic oxidation sites excluding steroid dienone is 1. The minimum absolute atomic E-state index is 0.00359. The smallest absolute Gasteiger partial charge is 0.307 e. The third-order valence-electron chi connectivity index (χ3n) is 3.62. The molecule has 1 aliphatic rings. The number of aliphatic carboxylic acids is 1. The number of carboxylic acid groups (broad SMARTS) is 1. The lowest BCUT2D eigenvalue weighted by atomic mass is 10.1. The van der Waals surface area contributed by atoms with Gasteiger partial charge in [0.25, 0.3) is 0 Å². The first-order valence-electron chi connectivity index (χ1n) is 5.70. The molecule has 0 radical (unpaired) electrons. The fraction of sp³-hybridized carbons (Fsp3) is 0.357. The van der Waals surface area contributed by atoms with Crippen molar-refractivity contribution in [3.05, 3.63) is 40.7 Å². The number of hydrogen-bond acceptors (Lipinski definition) is 1. The highest BCUT2D eigenvalue weighted by Gasteiger charge is 2.60. The Morgan fingerprint density at radius 2 is 2.17 bits per heavy atom. The highest BCUT2D eigenvalue weighted by Crippen LogP contribution is 2.59. The molecular formula is C14H14ClFO2. The van der Waals surface area contributed by atoms with Crippen LogP contribution in [0.15, 0.2) is 24.3 Å². The molecule has 1 saturated carbocycles. The molecule has 4 heteroatoms. The first-order valence-corrected chi connectivity index (χ1v) is 6.08. The van der Waals surface area contributed by atoms with Crippen molar-refractivity contribution in [2.45, 2.75) is 13.8 Å². The van der Waals surface area contributed by atoms with Crippen LogP contribution < -0.4 is 0 Å². The summed E-state index contributed by atoms with van der Waals surface area (Å²) in [6, 6.07) is 4.16. The molecule has 1 N–H and O–H groups in total. The Hall–Kier alpha value is -1.35. The van der Waals surface area contributed by atoms with E-state index in [0.29, 0.717) is 10.6 Å². The van der Waals surface area contributed by atoms with E-state index in [4.69, 9.17) is 16.7 Å². The predicted molar refractivity (Wildman–Crippen MR) is 68.8 cm³/mol. The highest BCUT2D eigenvalue weighted by atomic mass is 35.5. The molecule has 0 bridgehead atoms. The molecule has 0 aromatic heterocycles. The molecule has 0 heterocycles. The van der Waals surface area contributed by atoms with Crippen LogP contribution in [0.25, 0.3) is 6.08 Å². The van der Waals surface area contributed by atoms with Crippen LogP contribution in [-0.4, -0.2) is 11.1 Å². The van der Waals surface area contributed by atoms with Crippen LogP contribution in [0.4, 0.5) is 4.39 Å². The molecule has 0 amide bonds. The maximum absolute atomic E-state index is 12.9. The van der Waals surface area contributed by atoms with Crippen molar-refractivity contribution in [1.29, 1.82) is 0 Å². The Kier molecular flexibility index (Phi) is 3.20. The van der Waals surface area contributed by atoms with Crippen LogP contribution in [0, 0.1) is 23.1 Å². The summed E-state index contributed by atoms with van der Waals surface area (Å²) in [5.74, 6) is -1.52. The van der Waals surface area contributed by atoms with Crippen molar-refractivity contribution >= 4 is 23.6 Å². The number of carbonyl (C=O) groups is 1. The quantitative estimate of drug-likeness (QED) is 0.904. The van der Waals surface area contributed by atoms with E-state index < -0.39 is 5.97 Å². The summed E-state index contributed by atoms with van der Waals surface area (Å²) in [4.78, 5) is 11.0. The molecule has 1 aromatic carbocycles. The third kappa shape index (κ3) is 2.27. The highest BCUT2D eigenvalue weighted by molar-refractivity contribution is 6.32. The molecule has 1 aromatic rings. The van der Waals surface area contributed by atoms with Gasteiger partial charge in [-0.15, -0.1) is 0 Å². The standard InChI is InChI=1S/C14H14ClFO2/c1-14(2)10(12(14)13(17)18)6-4-8-3-5-9(16)7-11(8)15/h3-7,10,12H,1-2H3,(H,17,18)/b6-4+. The van der Waals surface area contributed by atoms with Crippen molar-refractivity contribution in [3.8, 4) is 0 Å². The van der Waals surface area contributed by atoms with E-state index in [2.05, 4.69) is 0 Å². The first kappa shape index (κ1) is 13.1. The maximum atomic E-state index is 12.9. The van der Waals surface area contributed by atoms with Crippen molar-refractivity contribution in [3.63, 3.8) is 0 Å². The van der Waals surface area contributed by atoms with Gasteiger partial charge in [0.2, 0.25) is 0 Å². The molecule has 1 aliphatic carbocycles. The van der Waals surface area contributed by atoms with Crippen LogP contribution in [0.2, 0.25) is 5.02 Å². The molecule has 96 valence electrons. The predicted octanol–water partition coefficient (Wildman–Crippen LogP) is 3.85. The van der Waals surface area contributed by atoms with Crippen LogP contribution in [-0.2, 0) is 4.79 Å². The third-order valence-corrected chi connectivity index (χ3v) is 3.95. The summed E-state index contributed by atoms with van der Waals surface area (Å²) in [6.45, 7) is 3.85. The van der Waals surface area contributed by atoms with Crippen LogP contribution in [0.3, 0.4) is 0 Å². The fourth-order valence-electron chi connectivity index (χ4n) is 2.35. The molecule has 2 rings (SSSR count). The maximum Gasteiger partial charge on any atom is 0.307 e. The molecule has 0 aliphatic heterocycles. The Morgan fingerprint density at radius 3 is 2.67 bits per heavy atom. The Bertz CT molecular complexity index is 523. The second-order valence-corrected chi connectivity index (χ2v) is 5.60. The number of rotatable bonds is 3. The van der Waals surface area contributed by atoms with Gasteiger partial charge in [-0.05, 0) is 29.0 Å². The van der Waals surface area contributed by atoms with Gasteiger partial charge >= 0.3 is 5.97 Å². The van der Waals surface area contributed by atoms with E-state index in [9.17, 15) is 9.18 Å². The average Bonchev–Trinajstić information content (AvgIpc) is 2.79. The van der Waals surface area contributed by atoms with E-state index in [-0.39, 0.29) is 23.1 Å². The van der Waals surface area contributed by atoms with E-state index in [1.54, 1.807) is 12.1 Å². The van der Waals surface area contributed by atoms with Crippen molar-refractivity contribution < 1.29 is 14.3 Å². The van der Waals surface area contributed by atoms with Gasteiger partial charge in [0.05, 0.1) is 10.9 Å². The zero-order chi connectivity index (χ0) is 13.5. The van der Waals surface area contributed by atoms with Gasteiger partial charge in [-0.3, -0.25) is 4.79 Å². The van der Waals surface area contributed by atoms with Gasteiger partial charge in [0.15, 0.2) is 0 Å². The van der Waals surface area contributed by atoms with Crippen LogP contribution in [0.5, 0.6) is 0 Å². The zero-order valence-electron chi connectivity index (χ0n) is 10.2. The molecular weight excluding hydrogens is 255 g/mol. The molecule has 0 saturated heterocycles. The molecule has 1 fully saturated rings. The second-order valence-electron chi connectivity index (χ2n) is 5.19.